The van der Waals surface area contributed by atoms with Crippen molar-refractivity contribution in [3.63, 3.8) is 0 Å². The van der Waals surface area contributed by atoms with Gasteiger partial charge in [-0.25, -0.2) is 4.39 Å². The highest BCUT2D eigenvalue weighted by molar-refractivity contribution is 5.93. The summed E-state index contributed by atoms with van der Waals surface area (Å²) in [7, 11) is 0. The molecule has 0 radical (unpaired) electrons. The SMILES string of the molecule is CC(C)Cc1cc(C(=O)N2CCNC(=O)[C@H](Cc3ccc(-c4ccccc4F)cc3)C2)n[nH]1. The zero-order valence-corrected chi connectivity index (χ0v) is 19.0. The smallest absolute Gasteiger partial charge is 0.274 e. The first-order valence-corrected chi connectivity index (χ1v) is 11.4. The second-order valence-corrected chi connectivity index (χ2v) is 9.00. The largest absolute Gasteiger partial charge is 0.354 e. The predicted molar refractivity (Wildman–Crippen MR) is 125 cm³/mol. The van der Waals surface area contributed by atoms with Gasteiger partial charge in [-0.3, -0.25) is 14.7 Å². The van der Waals surface area contributed by atoms with Crippen LogP contribution in [-0.2, 0) is 17.6 Å². The summed E-state index contributed by atoms with van der Waals surface area (Å²) in [5.74, 6) is -0.409. The van der Waals surface area contributed by atoms with E-state index in [0.717, 1.165) is 23.2 Å². The Hall–Kier alpha value is -3.48. The Labute approximate surface area is 193 Å². The van der Waals surface area contributed by atoms with E-state index in [1.807, 2.05) is 24.3 Å². The summed E-state index contributed by atoms with van der Waals surface area (Å²) < 4.78 is 14.1. The van der Waals surface area contributed by atoms with Crippen molar-refractivity contribution in [2.24, 2.45) is 11.8 Å². The number of aromatic nitrogens is 2. The van der Waals surface area contributed by atoms with Crippen LogP contribution >= 0.6 is 0 Å². The number of carbonyl (C=O) groups excluding carboxylic acids is 2. The van der Waals surface area contributed by atoms with Crippen molar-refractivity contribution in [1.82, 2.24) is 20.4 Å². The summed E-state index contributed by atoms with van der Waals surface area (Å²) in [4.78, 5) is 27.4. The molecule has 1 fully saturated rings. The number of hydrogen-bond acceptors (Lipinski definition) is 3. The van der Waals surface area contributed by atoms with Gasteiger partial charge in [0.15, 0.2) is 0 Å². The molecule has 2 amide bonds. The van der Waals surface area contributed by atoms with Crippen LogP contribution in [0.15, 0.2) is 54.6 Å². The Morgan fingerprint density at radius 3 is 2.67 bits per heavy atom. The summed E-state index contributed by atoms with van der Waals surface area (Å²) in [5, 5.41) is 10.1. The first kappa shape index (κ1) is 22.7. The first-order chi connectivity index (χ1) is 15.9. The van der Waals surface area contributed by atoms with Gasteiger partial charge in [0.05, 0.1) is 5.92 Å². The minimum atomic E-state index is -0.371. The van der Waals surface area contributed by atoms with E-state index in [-0.39, 0.29) is 23.5 Å². The summed E-state index contributed by atoms with van der Waals surface area (Å²) in [6, 6.07) is 16.0. The van der Waals surface area contributed by atoms with Crippen LogP contribution in [0.25, 0.3) is 11.1 Å². The number of halogens is 1. The van der Waals surface area contributed by atoms with Crippen LogP contribution in [0.4, 0.5) is 4.39 Å². The molecule has 1 aromatic heterocycles. The van der Waals surface area contributed by atoms with Gasteiger partial charge in [-0.2, -0.15) is 5.10 Å². The molecule has 33 heavy (non-hydrogen) atoms. The number of aromatic amines is 1. The average molecular weight is 449 g/mol. The molecule has 1 aliphatic rings. The Bertz CT molecular complexity index is 1120. The van der Waals surface area contributed by atoms with Gasteiger partial charge in [0, 0.05) is 30.9 Å². The number of benzene rings is 2. The molecule has 1 saturated heterocycles. The van der Waals surface area contributed by atoms with E-state index < -0.39 is 0 Å². The normalized spacial score (nSPS) is 16.5. The number of amides is 2. The van der Waals surface area contributed by atoms with Crippen LogP contribution in [-0.4, -0.2) is 46.5 Å². The van der Waals surface area contributed by atoms with E-state index in [2.05, 4.69) is 29.4 Å². The van der Waals surface area contributed by atoms with Crippen molar-refractivity contribution in [2.75, 3.05) is 19.6 Å². The fourth-order valence-corrected chi connectivity index (χ4v) is 4.22. The molecule has 2 heterocycles. The van der Waals surface area contributed by atoms with E-state index >= 15 is 0 Å². The highest BCUT2D eigenvalue weighted by atomic mass is 19.1. The quantitative estimate of drug-likeness (QED) is 0.601. The molecule has 0 spiro atoms. The molecule has 1 atom stereocenters. The van der Waals surface area contributed by atoms with Crippen molar-refractivity contribution >= 4 is 11.8 Å². The summed E-state index contributed by atoms with van der Waals surface area (Å²) in [6.45, 7) is 5.41. The van der Waals surface area contributed by atoms with E-state index in [0.29, 0.717) is 43.2 Å². The van der Waals surface area contributed by atoms with Crippen molar-refractivity contribution in [3.05, 3.63) is 77.4 Å². The summed E-state index contributed by atoms with van der Waals surface area (Å²) >= 11 is 0. The van der Waals surface area contributed by atoms with Gasteiger partial charge in [-0.05, 0) is 42.0 Å². The standard InChI is InChI=1S/C26H29FN4O2/c1-17(2)13-21-15-24(30-29-21)26(33)31-12-11-28-25(32)20(16-31)14-18-7-9-19(10-8-18)22-5-3-4-6-23(22)27/h3-10,15,17,20H,11-14,16H2,1-2H3,(H,28,32)(H,29,30)/t20-/m1/s1. The zero-order chi connectivity index (χ0) is 23.4. The maximum absolute atomic E-state index is 14.1. The van der Waals surface area contributed by atoms with Crippen LogP contribution in [0.1, 0.15) is 35.6 Å². The van der Waals surface area contributed by atoms with Crippen molar-refractivity contribution in [2.45, 2.75) is 26.7 Å². The number of nitrogens with zero attached hydrogens (tertiary/aromatic N) is 2. The lowest BCUT2D eigenvalue weighted by molar-refractivity contribution is -0.124. The van der Waals surface area contributed by atoms with E-state index in [1.165, 1.54) is 6.07 Å². The second kappa shape index (κ2) is 9.98. The number of rotatable bonds is 6. The minimum absolute atomic E-state index is 0.0639. The molecule has 3 aromatic rings. The first-order valence-electron chi connectivity index (χ1n) is 11.4. The molecule has 0 bridgehead atoms. The molecule has 0 saturated carbocycles. The highest BCUT2D eigenvalue weighted by Crippen LogP contribution is 2.24. The van der Waals surface area contributed by atoms with Crippen LogP contribution in [0.3, 0.4) is 0 Å². The van der Waals surface area contributed by atoms with Gasteiger partial charge < -0.3 is 10.2 Å². The molecule has 1 aliphatic heterocycles. The topological polar surface area (TPSA) is 78.1 Å². The van der Waals surface area contributed by atoms with Crippen LogP contribution < -0.4 is 5.32 Å². The molecule has 0 unspecified atom stereocenters. The van der Waals surface area contributed by atoms with Crippen LogP contribution in [0, 0.1) is 17.7 Å². The van der Waals surface area contributed by atoms with Gasteiger partial charge in [-0.15, -0.1) is 0 Å². The number of hydrogen-bond donors (Lipinski definition) is 2. The van der Waals surface area contributed by atoms with Gasteiger partial charge >= 0.3 is 0 Å². The monoisotopic (exact) mass is 448 g/mol. The average Bonchev–Trinajstić information content (AvgIpc) is 3.17. The predicted octanol–water partition coefficient (Wildman–Crippen LogP) is 3.85. The van der Waals surface area contributed by atoms with Crippen molar-refractivity contribution in [3.8, 4) is 11.1 Å². The third-order valence-corrected chi connectivity index (χ3v) is 5.88. The van der Waals surface area contributed by atoms with E-state index in [1.54, 1.807) is 29.2 Å². The maximum atomic E-state index is 14.1. The van der Waals surface area contributed by atoms with Crippen LogP contribution in [0.5, 0.6) is 0 Å². The lowest BCUT2D eigenvalue weighted by Crippen LogP contribution is -2.37. The maximum Gasteiger partial charge on any atom is 0.274 e. The van der Waals surface area contributed by atoms with Gasteiger partial charge in [0.1, 0.15) is 11.5 Å². The Morgan fingerprint density at radius 1 is 1.18 bits per heavy atom. The Morgan fingerprint density at radius 2 is 1.94 bits per heavy atom. The molecule has 2 aromatic carbocycles. The molecule has 7 heteroatoms. The minimum Gasteiger partial charge on any atom is -0.354 e. The molecular formula is C26H29FN4O2. The lowest BCUT2D eigenvalue weighted by atomic mass is 9.96. The molecule has 2 N–H and O–H groups in total. The third-order valence-electron chi connectivity index (χ3n) is 5.88. The van der Waals surface area contributed by atoms with Gasteiger partial charge in [-0.1, -0.05) is 56.3 Å². The Balaban J connectivity index is 1.46. The molecule has 6 nitrogen and oxygen atoms in total. The number of carbonyl (C=O) groups is 2. The number of H-pyrrole nitrogens is 1. The van der Waals surface area contributed by atoms with E-state index in [4.69, 9.17) is 0 Å². The van der Waals surface area contributed by atoms with Gasteiger partial charge in [0.25, 0.3) is 5.91 Å². The number of nitrogens with one attached hydrogen (secondary N) is 2. The lowest BCUT2D eigenvalue weighted by Gasteiger charge is -2.22. The molecular weight excluding hydrogens is 419 g/mol. The van der Waals surface area contributed by atoms with Crippen molar-refractivity contribution < 1.29 is 14.0 Å². The van der Waals surface area contributed by atoms with Gasteiger partial charge in [0.2, 0.25) is 5.91 Å². The van der Waals surface area contributed by atoms with Crippen molar-refractivity contribution in [1.29, 1.82) is 0 Å². The fraction of sp³-hybridized carbons (Fsp3) is 0.346. The van der Waals surface area contributed by atoms with Crippen LogP contribution in [0.2, 0.25) is 0 Å². The summed E-state index contributed by atoms with van der Waals surface area (Å²) in [6.07, 6.45) is 1.32. The third kappa shape index (κ3) is 5.48. The Kier molecular flexibility index (Phi) is 6.87. The van der Waals surface area contributed by atoms with E-state index in [9.17, 15) is 14.0 Å². The molecule has 172 valence electrons. The molecule has 0 aliphatic carbocycles. The second-order valence-electron chi connectivity index (χ2n) is 9.00. The highest BCUT2D eigenvalue weighted by Gasteiger charge is 2.29. The zero-order valence-electron chi connectivity index (χ0n) is 19.0. The summed E-state index contributed by atoms with van der Waals surface area (Å²) in [5.41, 5.74) is 3.61. The fourth-order valence-electron chi connectivity index (χ4n) is 4.22. The molecule has 4 rings (SSSR count).